The van der Waals surface area contributed by atoms with Gasteiger partial charge in [0, 0.05) is 24.9 Å². The van der Waals surface area contributed by atoms with Crippen molar-refractivity contribution < 1.29 is 4.74 Å². The predicted octanol–water partition coefficient (Wildman–Crippen LogP) is 2.03. The Morgan fingerprint density at radius 1 is 1.60 bits per heavy atom. The minimum absolute atomic E-state index is 0.282. The highest BCUT2D eigenvalue weighted by molar-refractivity contribution is 6.28. The van der Waals surface area contributed by atoms with Gasteiger partial charge in [-0.15, -0.1) is 0 Å². The number of nitrogens with one attached hydrogen (secondary N) is 1. The first-order chi connectivity index (χ1) is 7.24. The smallest absolute Gasteiger partial charge is 0.224 e. The minimum atomic E-state index is 0.282. The van der Waals surface area contributed by atoms with Gasteiger partial charge in [0.05, 0.1) is 6.10 Å². The maximum Gasteiger partial charge on any atom is 0.224 e. The van der Waals surface area contributed by atoms with Crippen molar-refractivity contribution in [2.24, 2.45) is 0 Å². The van der Waals surface area contributed by atoms with Gasteiger partial charge in [-0.25, -0.2) is 9.97 Å². The molecule has 0 amide bonds. The van der Waals surface area contributed by atoms with E-state index in [1.165, 1.54) is 0 Å². The standard InChI is InChI=1S/C10H14ClN3O/c1-7-5-9(14-10(11)13-7)12-6-8-3-2-4-15-8/h5,8H,2-4,6H2,1H3,(H,12,13,14). The van der Waals surface area contributed by atoms with Gasteiger partial charge < -0.3 is 10.1 Å². The molecule has 0 radical (unpaired) electrons. The van der Waals surface area contributed by atoms with E-state index in [1.807, 2.05) is 13.0 Å². The zero-order valence-electron chi connectivity index (χ0n) is 8.66. The third kappa shape index (κ3) is 3.04. The van der Waals surface area contributed by atoms with Gasteiger partial charge in [0.2, 0.25) is 5.28 Å². The van der Waals surface area contributed by atoms with Gasteiger partial charge >= 0.3 is 0 Å². The summed E-state index contributed by atoms with van der Waals surface area (Å²) in [6.45, 7) is 3.55. The summed E-state index contributed by atoms with van der Waals surface area (Å²) in [5.74, 6) is 0.767. The van der Waals surface area contributed by atoms with Crippen molar-refractivity contribution in [2.75, 3.05) is 18.5 Å². The molecule has 1 aliphatic heterocycles. The number of nitrogens with zero attached hydrogens (tertiary/aromatic N) is 2. The van der Waals surface area contributed by atoms with E-state index in [2.05, 4.69) is 15.3 Å². The molecule has 2 rings (SSSR count). The fraction of sp³-hybridized carbons (Fsp3) is 0.600. The van der Waals surface area contributed by atoms with Crippen LogP contribution in [0.4, 0.5) is 5.82 Å². The van der Waals surface area contributed by atoms with Crippen LogP contribution in [0.5, 0.6) is 0 Å². The van der Waals surface area contributed by atoms with Crippen LogP contribution in [0.3, 0.4) is 0 Å². The number of rotatable bonds is 3. The molecule has 4 nitrogen and oxygen atoms in total. The van der Waals surface area contributed by atoms with Gasteiger partial charge in [-0.1, -0.05) is 0 Å². The average Bonchev–Trinajstić information content (AvgIpc) is 2.65. The van der Waals surface area contributed by atoms with E-state index in [0.29, 0.717) is 6.10 Å². The Labute approximate surface area is 94.0 Å². The monoisotopic (exact) mass is 227 g/mol. The highest BCUT2D eigenvalue weighted by atomic mass is 35.5. The summed E-state index contributed by atoms with van der Waals surface area (Å²) >= 11 is 5.75. The number of aromatic nitrogens is 2. The quantitative estimate of drug-likeness (QED) is 0.803. The Morgan fingerprint density at radius 2 is 2.47 bits per heavy atom. The Bertz CT molecular complexity index is 319. The van der Waals surface area contributed by atoms with E-state index in [9.17, 15) is 0 Å². The first-order valence-electron chi connectivity index (χ1n) is 5.11. The molecule has 0 spiro atoms. The number of hydrogen-bond donors (Lipinski definition) is 1. The number of anilines is 1. The van der Waals surface area contributed by atoms with Gasteiger partial charge in [-0.2, -0.15) is 0 Å². The summed E-state index contributed by atoms with van der Waals surface area (Å²) in [5, 5.41) is 3.49. The third-order valence-corrected chi connectivity index (χ3v) is 2.53. The lowest BCUT2D eigenvalue weighted by atomic mass is 10.2. The Morgan fingerprint density at radius 3 is 3.13 bits per heavy atom. The van der Waals surface area contributed by atoms with E-state index in [4.69, 9.17) is 16.3 Å². The highest BCUT2D eigenvalue weighted by Crippen LogP contribution is 2.14. The average molecular weight is 228 g/mol. The molecule has 1 fully saturated rings. The molecule has 15 heavy (non-hydrogen) atoms. The first kappa shape index (κ1) is 10.6. The molecule has 1 N–H and O–H groups in total. The van der Waals surface area contributed by atoms with Gasteiger partial charge in [0.25, 0.3) is 0 Å². The maximum absolute atomic E-state index is 5.75. The van der Waals surface area contributed by atoms with Crippen molar-refractivity contribution in [3.63, 3.8) is 0 Å². The summed E-state index contributed by atoms with van der Waals surface area (Å²) in [6.07, 6.45) is 2.57. The second kappa shape index (κ2) is 4.77. The Hall–Kier alpha value is -0.870. The topological polar surface area (TPSA) is 47.0 Å². The van der Waals surface area contributed by atoms with Crippen molar-refractivity contribution in [3.8, 4) is 0 Å². The zero-order chi connectivity index (χ0) is 10.7. The predicted molar refractivity (Wildman–Crippen MR) is 59.2 cm³/mol. The molecular weight excluding hydrogens is 214 g/mol. The van der Waals surface area contributed by atoms with Gasteiger partial charge in [-0.05, 0) is 31.4 Å². The van der Waals surface area contributed by atoms with Gasteiger partial charge in [0.1, 0.15) is 5.82 Å². The molecule has 1 saturated heterocycles. The largest absolute Gasteiger partial charge is 0.376 e. The molecular formula is C10H14ClN3O. The van der Waals surface area contributed by atoms with Gasteiger partial charge in [-0.3, -0.25) is 0 Å². The van der Waals surface area contributed by atoms with Crippen LogP contribution in [0, 0.1) is 6.92 Å². The third-order valence-electron chi connectivity index (χ3n) is 2.36. The van der Waals surface area contributed by atoms with Crippen LogP contribution in [-0.2, 0) is 4.74 Å². The van der Waals surface area contributed by atoms with Crippen LogP contribution in [-0.4, -0.2) is 29.2 Å². The van der Waals surface area contributed by atoms with Crippen LogP contribution in [0.15, 0.2) is 6.07 Å². The molecule has 1 atom stereocenters. The van der Waals surface area contributed by atoms with Crippen LogP contribution >= 0.6 is 11.6 Å². The number of ether oxygens (including phenoxy) is 1. The molecule has 2 heterocycles. The summed E-state index contributed by atoms with van der Waals surface area (Å²) in [7, 11) is 0. The summed E-state index contributed by atoms with van der Waals surface area (Å²) < 4.78 is 5.50. The molecule has 1 aromatic heterocycles. The normalized spacial score (nSPS) is 20.5. The van der Waals surface area contributed by atoms with E-state index in [1.54, 1.807) is 0 Å². The van der Waals surface area contributed by atoms with Crippen molar-refractivity contribution in [3.05, 3.63) is 17.0 Å². The second-order valence-electron chi connectivity index (χ2n) is 3.68. The van der Waals surface area contributed by atoms with Crippen LogP contribution in [0.1, 0.15) is 18.5 Å². The zero-order valence-corrected chi connectivity index (χ0v) is 9.42. The SMILES string of the molecule is Cc1cc(NCC2CCCO2)nc(Cl)n1. The fourth-order valence-electron chi connectivity index (χ4n) is 1.65. The molecule has 82 valence electrons. The van der Waals surface area contributed by atoms with Crippen LogP contribution < -0.4 is 5.32 Å². The van der Waals surface area contributed by atoms with E-state index in [0.717, 1.165) is 37.5 Å². The summed E-state index contributed by atoms with van der Waals surface area (Å²) in [5.41, 5.74) is 0.866. The summed E-state index contributed by atoms with van der Waals surface area (Å²) in [4.78, 5) is 8.08. The maximum atomic E-state index is 5.75. The molecule has 0 bridgehead atoms. The second-order valence-corrected chi connectivity index (χ2v) is 4.02. The lowest BCUT2D eigenvalue weighted by molar-refractivity contribution is 0.120. The lowest BCUT2D eigenvalue weighted by Crippen LogP contribution is -2.19. The van der Waals surface area contributed by atoms with E-state index in [-0.39, 0.29) is 5.28 Å². The Balaban J connectivity index is 1.92. The van der Waals surface area contributed by atoms with Crippen LogP contribution in [0.2, 0.25) is 5.28 Å². The van der Waals surface area contributed by atoms with Crippen molar-refractivity contribution in [2.45, 2.75) is 25.9 Å². The molecule has 0 aliphatic carbocycles. The van der Waals surface area contributed by atoms with Crippen molar-refractivity contribution in [1.29, 1.82) is 0 Å². The van der Waals surface area contributed by atoms with Crippen molar-refractivity contribution in [1.82, 2.24) is 9.97 Å². The van der Waals surface area contributed by atoms with E-state index < -0.39 is 0 Å². The fourth-order valence-corrected chi connectivity index (χ4v) is 1.87. The number of halogens is 1. The lowest BCUT2D eigenvalue weighted by Gasteiger charge is -2.11. The minimum Gasteiger partial charge on any atom is -0.376 e. The number of hydrogen-bond acceptors (Lipinski definition) is 4. The van der Waals surface area contributed by atoms with Gasteiger partial charge in [0.15, 0.2) is 0 Å². The first-order valence-corrected chi connectivity index (χ1v) is 5.48. The molecule has 1 aliphatic rings. The molecule has 5 heteroatoms. The highest BCUT2D eigenvalue weighted by Gasteiger charge is 2.15. The number of aryl methyl sites for hydroxylation is 1. The van der Waals surface area contributed by atoms with Crippen molar-refractivity contribution >= 4 is 17.4 Å². The molecule has 1 unspecified atom stereocenters. The summed E-state index contributed by atoms with van der Waals surface area (Å²) in [6, 6.07) is 1.88. The molecule has 1 aromatic rings. The molecule has 0 saturated carbocycles. The van der Waals surface area contributed by atoms with Crippen LogP contribution in [0.25, 0.3) is 0 Å². The van der Waals surface area contributed by atoms with E-state index >= 15 is 0 Å². The molecule has 0 aromatic carbocycles. The Kier molecular flexibility index (Phi) is 3.38.